The van der Waals surface area contributed by atoms with E-state index in [9.17, 15) is 28.8 Å². The second-order valence-corrected chi connectivity index (χ2v) is 11.4. The summed E-state index contributed by atoms with van der Waals surface area (Å²) in [4.78, 5) is 85.0. The number of allylic oxidation sites excluding steroid dienone is 2. The molecule has 3 aliphatic rings. The number of nitrogens with zero attached hydrogens (tertiary/aromatic N) is 2. The number of rotatable bonds is 6. The van der Waals surface area contributed by atoms with Crippen molar-refractivity contribution in [3.8, 4) is 0 Å². The lowest BCUT2D eigenvalue weighted by molar-refractivity contribution is -0.173. The Morgan fingerprint density at radius 1 is 0.649 bits per heavy atom. The van der Waals surface area contributed by atoms with Gasteiger partial charge in [-0.25, -0.2) is 9.59 Å². The van der Waals surface area contributed by atoms with E-state index in [2.05, 4.69) is 0 Å². The van der Waals surface area contributed by atoms with Crippen molar-refractivity contribution in [3.63, 3.8) is 0 Å². The van der Waals surface area contributed by atoms with Crippen LogP contribution >= 0.6 is 22.7 Å². The predicted molar refractivity (Wildman–Crippen MR) is 132 cm³/mol. The molecule has 2 fully saturated rings. The summed E-state index contributed by atoms with van der Waals surface area (Å²) < 4.78 is 0. The Kier molecular flexibility index (Phi) is 6.54. The number of aryl methyl sites for hydroxylation is 2. The fourth-order valence-corrected chi connectivity index (χ4v) is 6.51. The van der Waals surface area contributed by atoms with Gasteiger partial charge in [0.05, 0.1) is 0 Å². The van der Waals surface area contributed by atoms with E-state index in [1.807, 2.05) is 13.8 Å². The zero-order chi connectivity index (χ0) is 26.4. The SMILES string of the molecule is Cc1sc(C(=O)ON2C(=O)CCC2=O)cc1C1=C(c2cc(C(=O)ON3C(=O)CCC3=O)sc2C)CCC1. The van der Waals surface area contributed by atoms with Crippen molar-refractivity contribution >= 4 is 69.4 Å². The highest BCUT2D eigenvalue weighted by molar-refractivity contribution is 7.14. The lowest BCUT2D eigenvalue weighted by Gasteiger charge is -2.11. The van der Waals surface area contributed by atoms with E-state index in [4.69, 9.17) is 9.68 Å². The summed E-state index contributed by atoms with van der Waals surface area (Å²) in [6.07, 6.45) is 2.54. The van der Waals surface area contributed by atoms with Crippen molar-refractivity contribution in [3.05, 3.63) is 42.8 Å². The molecule has 5 rings (SSSR count). The Hall–Kier alpha value is -3.64. The summed E-state index contributed by atoms with van der Waals surface area (Å²) in [5.74, 6) is -3.65. The van der Waals surface area contributed by atoms with Crippen LogP contribution in [-0.2, 0) is 28.9 Å². The van der Waals surface area contributed by atoms with E-state index in [1.54, 1.807) is 12.1 Å². The molecule has 0 atom stereocenters. The van der Waals surface area contributed by atoms with Crippen LogP contribution in [0.5, 0.6) is 0 Å². The lowest BCUT2D eigenvalue weighted by Crippen LogP contribution is -2.31. The van der Waals surface area contributed by atoms with Gasteiger partial charge in [-0.3, -0.25) is 19.2 Å². The fourth-order valence-electron chi connectivity index (χ4n) is 4.67. The third kappa shape index (κ3) is 4.62. The maximum absolute atomic E-state index is 12.7. The Labute approximate surface area is 219 Å². The molecule has 192 valence electrons. The average molecular weight is 543 g/mol. The monoisotopic (exact) mass is 542 g/mol. The minimum atomic E-state index is -0.758. The first-order valence-corrected chi connectivity index (χ1v) is 13.4. The van der Waals surface area contributed by atoms with Crippen LogP contribution in [-0.4, -0.2) is 45.7 Å². The minimum absolute atomic E-state index is 0.0250. The molecule has 0 N–H and O–H groups in total. The van der Waals surface area contributed by atoms with E-state index in [1.165, 1.54) is 22.7 Å². The van der Waals surface area contributed by atoms with Gasteiger partial charge in [-0.2, -0.15) is 0 Å². The molecule has 2 saturated heterocycles. The van der Waals surface area contributed by atoms with Crippen LogP contribution in [0.2, 0.25) is 0 Å². The number of hydroxylamine groups is 4. The minimum Gasteiger partial charge on any atom is -0.324 e. The summed E-state index contributed by atoms with van der Waals surface area (Å²) in [5, 5.41) is 1.08. The summed E-state index contributed by atoms with van der Waals surface area (Å²) in [5.41, 5.74) is 3.86. The molecular weight excluding hydrogens is 520 g/mol. The summed E-state index contributed by atoms with van der Waals surface area (Å²) >= 11 is 2.45. The molecule has 2 aromatic heterocycles. The van der Waals surface area contributed by atoms with Crippen molar-refractivity contribution in [1.29, 1.82) is 0 Å². The summed E-state index contributed by atoms with van der Waals surface area (Å²) in [7, 11) is 0. The molecule has 0 bridgehead atoms. The van der Waals surface area contributed by atoms with Crippen LogP contribution in [0.4, 0.5) is 0 Å². The number of carbonyl (C=O) groups is 6. The molecule has 37 heavy (non-hydrogen) atoms. The standard InChI is InChI=1S/C25H22N2O8S2/c1-12-16(10-18(36-12)24(32)34-26-20(28)6-7-21(26)29)14-4-3-5-15(14)17-11-19(37-13(17)2)25(33)35-27-22(30)8-9-23(27)31/h10-11H,3-9H2,1-2H3. The van der Waals surface area contributed by atoms with Crippen molar-refractivity contribution < 1.29 is 38.4 Å². The molecule has 1 aliphatic carbocycles. The molecule has 0 aromatic carbocycles. The first kappa shape index (κ1) is 25.0. The molecule has 12 heteroatoms. The largest absolute Gasteiger partial charge is 0.373 e. The second kappa shape index (κ2) is 9.67. The summed E-state index contributed by atoms with van der Waals surface area (Å²) in [6, 6.07) is 3.44. The molecule has 0 saturated carbocycles. The predicted octanol–water partition coefficient (Wildman–Crippen LogP) is 3.96. The molecule has 0 unspecified atom stereocenters. The molecule has 0 radical (unpaired) electrons. The van der Waals surface area contributed by atoms with Gasteiger partial charge in [-0.05, 0) is 67.5 Å². The van der Waals surface area contributed by atoms with E-state index < -0.39 is 35.6 Å². The first-order valence-electron chi connectivity index (χ1n) is 11.7. The van der Waals surface area contributed by atoms with Gasteiger partial charge in [0.2, 0.25) is 0 Å². The first-order chi connectivity index (χ1) is 17.6. The molecule has 4 heterocycles. The van der Waals surface area contributed by atoms with Gasteiger partial charge in [-0.15, -0.1) is 32.8 Å². The lowest BCUT2D eigenvalue weighted by atomic mass is 9.97. The molecule has 0 spiro atoms. The van der Waals surface area contributed by atoms with Crippen molar-refractivity contribution in [1.82, 2.24) is 10.1 Å². The van der Waals surface area contributed by atoms with Crippen LogP contribution in [0.3, 0.4) is 0 Å². The topological polar surface area (TPSA) is 127 Å². The third-order valence-corrected chi connectivity index (χ3v) is 8.53. The van der Waals surface area contributed by atoms with Crippen molar-refractivity contribution in [2.75, 3.05) is 0 Å². The molecule has 4 amide bonds. The number of thiophene rings is 2. The van der Waals surface area contributed by atoms with Gasteiger partial charge in [0.1, 0.15) is 9.75 Å². The van der Waals surface area contributed by atoms with Crippen LogP contribution in [0.15, 0.2) is 12.1 Å². The number of hydrogen-bond acceptors (Lipinski definition) is 10. The second-order valence-electron chi connectivity index (χ2n) is 8.89. The van der Waals surface area contributed by atoms with Crippen LogP contribution in [0.1, 0.15) is 85.2 Å². The maximum atomic E-state index is 12.7. The number of carbonyl (C=O) groups excluding carboxylic acids is 6. The average Bonchev–Trinajstić information content (AvgIpc) is 3.67. The highest BCUT2D eigenvalue weighted by atomic mass is 32.1. The fraction of sp³-hybridized carbons (Fsp3) is 0.360. The molecular formula is C25H22N2O8S2. The number of amides is 4. The molecule has 2 aliphatic heterocycles. The zero-order valence-electron chi connectivity index (χ0n) is 20.1. The van der Waals surface area contributed by atoms with Gasteiger partial charge in [0, 0.05) is 35.4 Å². The highest BCUT2D eigenvalue weighted by Crippen LogP contribution is 2.45. The van der Waals surface area contributed by atoms with Gasteiger partial charge in [0.15, 0.2) is 0 Å². The van der Waals surface area contributed by atoms with E-state index in [-0.39, 0.29) is 35.4 Å². The normalized spacial score (nSPS) is 18.0. The smallest absolute Gasteiger partial charge is 0.324 e. The summed E-state index contributed by atoms with van der Waals surface area (Å²) in [6.45, 7) is 3.78. The van der Waals surface area contributed by atoms with Crippen molar-refractivity contribution in [2.45, 2.75) is 58.8 Å². The van der Waals surface area contributed by atoms with Crippen LogP contribution in [0, 0.1) is 13.8 Å². The van der Waals surface area contributed by atoms with Gasteiger partial charge >= 0.3 is 11.9 Å². The van der Waals surface area contributed by atoms with Gasteiger partial charge < -0.3 is 9.68 Å². The number of hydrogen-bond donors (Lipinski definition) is 0. The quantitative estimate of drug-likeness (QED) is 0.502. The maximum Gasteiger partial charge on any atom is 0.373 e. The highest BCUT2D eigenvalue weighted by Gasteiger charge is 2.35. The van der Waals surface area contributed by atoms with Crippen LogP contribution in [0.25, 0.3) is 11.1 Å². The van der Waals surface area contributed by atoms with Gasteiger partial charge in [-0.1, -0.05) is 0 Å². The Morgan fingerprint density at radius 3 is 1.35 bits per heavy atom. The Morgan fingerprint density at radius 2 is 1.00 bits per heavy atom. The molecule has 2 aromatic rings. The number of imide groups is 2. The van der Waals surface area contributed by atoms with E-state index in [0.29, 0.717) is 10.1 Å². The van der Waals surface area contributed by atoms with Crippen LogP contribution < -0.4 is 0 Å². The third-order valence-electron chi connectivity index (χ3n) is 6.47. The Balaban J connectivity index is 1.39. The zero-order valence-corrected chi connectivity index (χ0v) is 21.7. The van der Waals surface area contributed by atoms with Crippen molar-refractivity contribution in [2.24, 2.45) is 0 Å². The molecule has 10 nitrogen and oxygen atoms in total. The van der Waals surface area contributed by atoms with Gasteiger partial charge in [0.25, 0.3) is 23.6 Å². The van der Waals surface area contributed by atoms with E-state index in [0.717, 1.165) is 51.3 Å². The Bertz CT molecular complexity index is 1280. The van der Waals surface area contributed by atoms with E-state index >= 15 is 0 Å².